The molecule has 14 heteroatoms. The molecule has 0 aliphatic heterocycles. The number of hydrogen-bond acceptors (Lipinski definition) is 10. The quantitative estimate of drug-likeness (QED) is 0.393. The molecule has 0 aliphatic rings. The molecular weight excluding hydrogens is 252 g/mol. The Balaban J connectivity index is 2.13. The van der Waals surface area contributed by atoms with E-state index in [1.807, 2.05) is 0 Å². The van der Waals surface area contributed by atoms with Gasteiger partial charge in [-0.1, -0.05) is 0 Å². The molecular formula is C4H2N10O4. The van der Waals surface area contributed by atoms with Crippen LogP contribution in [0.4, 0.5) is 11.6 Å². The second-order valence-corrected chi connectivity index (χ2v) is 2.64. The molecule has 2 rings (SSSR count). The van der Waals surface area contributed by atoms with Crippen molar-refractivity contribution in [3.8, 4) is 0 Å². The largest absolute Gasteiger partial charge is 0.412 e. The van der Waals surface area contributed by atoms with Crippen LogP contribution in [0.5, 0.6) is 0 Å². The monoisotopic (exact) mass is 254 g/mol. The van der Waals surface area contributed by atoms with Crippen LogP contribution in [-0.2, 0) is 0 Å². The SMILES string of the molecule is O=[N+]([O-])c1cnn(/N=N/n2ncc([N+](=O)[O-])n2)n1. The smallest absolute Gasteiger partial charge is 0.358 e. The number of aromatic nitrogens is 6. The van der Waals surface area contributed by atoms with Crippen LogP contribution in [0.15, 0.2) is 22.8 Å². The van der Waals surface area contributed by atoms with Gasteiger partial charge in [-0.05, 0) is 9.85 Å². The summed E-state index contributed by atoms with van der Waals surface area (Å²) < 4.78 is 0. The van der Waals surface area contributed by atoms with Crippen molar-refractivity contribution in [1.82, 2.24) is 30.2 Å². The van der Waals surface area contributed by atoms with Gasteiger partial charge in [0.15, 0.2) is 12.4 Å². The summed E-state index contributed by atoms with van der Waals surface area (Å²) in [4.78, 5) is 20.1. The van der Waals surface area contributed by atoms with Crippen LogP contribution in [0.1, 0.15) is 0 Å². The van der Waals surface area contributed by atoms with E-state index in [4.69, 9.17) is 0 Å². The summed E-state index contributed by atoms with van der Waals surface area (Å²) in [6.07, 6.45) is 1.72. The Morgan fingerprint density at radius 3 is 1.61 bits per heavy atom. The molecule has 0 atom stereocenters. The van der Waals surface area contributed by atoms with Crippen molar-refractivity contribution >= 4 is 11.6 Å². The molecule has 0 fully saturated rings. The fraction of sp³-hybridized carbons (Fsp3) is 0. The molecule has 2 aromatic rings. The lowest BCUT2D eigenvalue weighted by Gasteiger charge is -1.81. The van der Waals surface area contributed by atoms with Gasteiger partial charge in [-0.15, -0.1) is 10.2 Å². The highest BCUT2D eigenvalue weighted by atomic mass is 16.6. The maximum atomic E-state index is 10.3. The summed E-state index contributed by atoms with van der Waals surface area (Å²) in [5, 5.41) is 40.5. The van der Waals surface area contributed by atoms with Gasteiger partial charge in [0.05, 0.1) is 9.81 Å². The minimum absolute atomic E-state index is 0.520. The van der Waals surface area contributed by atoms with Gasteiger partial charge in [0.25, 0.3) is 0 Å². The average molecular weight is 254 g/mol. The van der Waals surface area contributed by atoms with Crippen molar-refractivity contribution in [2.45, 2.75) is 0 Å². The maximum absolute atomic E-state index is 10.3. The zero-order valence-electron chi connectivity index (χ0n) is 8.26. The van der Waals surface area contributed by atoms with E-state index in [9.17, 15) is 20.2 Å². The van der Waals surface area contributed by atoms with E-state index in [0.29, 0.717) is 9.81 Å². The number of rotatable bonds is 4. The van der Waals surface area contributed by atoms with Gasteiger partial charge in [-0.25, -0.2) is 0 Å². The van der Waals surface area contributed by atoms with Crippen molar-refractivity contribution < 1.29 is 9.85 Å². The lowest BCUT2D eigenvalue weighted by Crippen LogP contribution is -1.98. The summed E-state index contributed by atoms with van der Waals surface area (Å²) >= 11 is 0. The van der Waals surface area contributed by atoms with Crippen LogP contribution < -0.4 is 0 Å². The number of nitro groups is 2. The third-order valence-corrected chi connectivity index (χ3v) is 1.51. The van der Waals surface area contributed by atoms with Gasteiger partial charge < -0.3 is 20.2 Å². The molecule has 18 heavy (non-hydrogen) atoms. The molecule has 0 radical (unpaired) electrons. The predicted molar refractivity (Wildman–Crippen MR) is 49.0 cm³/mol. The molecule has 0 spiro atoms. The molecule has 0 unspecified atom stereocenters. The van der Waals surface area contributed by atoms with Gasteiger partial charge in [0, 0.05) is 10.4 Å². The Morgan fingerprint density at radius 2 is 1.33 bits per heavy atom. The lowest BCUT2D eigenvalue weighted by atomic mass is 10.8. The second kappa shape index (κ2) is 4.28. The maximum Gasteiger partial charge on any atom is 0.412 e. The van der Waals surface area contributed by atoms with E-state index in [0.717, 1.165) is 12.4 Å². The van der Waals surface area contributed by atoms with Crippen LogP contribution in [0, 0.1) is 20.2 Å². The minimum atomic E-state index is -0.768. The summed E-state index contributed by atoms with van der Waals surface area (Å²) in [5.74, 6) is -1.04. The van der Waals surface area contributed by atoms with Crippen LogP contribution >= 0.6 is 0 Å². The Hall–Kier alpha value is -3.32. The van der Waals surface area contributed by atoms with Crippen LogP contribution in [0.25, 0.3) is 0 Å². The standard InChI is InChI=1S/C4H2N10O4/c15-11(16)3-1-5-13(7-3)9-10-14-6-2-4(8-14)12(17)18/h1-2H/b10-9+. The van der Waals surface area contributed by atoms with Gasteiger partial charge in [-0.3, -0.25) is 0 Å². The average Bonchev–Trinajstić information content (AvgIpc) is 2.95. The Bertz CT molecular complexity index is 571. The first-order chi connectivity index (χ1) is 8.56. The predicted octanol–water partition coefficient (Wildman–Crippen LogP) is -0.635. The molecule has 0 N–H and O–H groups in total. The topological polar surface area (TPSA) is 172 Å². The summed E-state index contributed by atoms with van der Waals surface area (Å²) in [7, 11) is 0. The Labute approximate surface area is 95.8 Å². The zero-order valence-corrected chi connectivity index (χ0v) is 8.26. The van der Waals surface area contributed by atoms with Crippen LogP contribution in [0.3, 0.4) is 0 Å². The minimum Gasteiger partial charge on any atom is -0.358 e. The Kier molecular flexibility index (Phi) is 2.65. The molecule has 14 nitrogen and oxygen atoms in total. The van der Waals surface area contributed by atoms with E-state index in [2.05, 4.69) is 30.8 Å². The molecule has 0 amide bonds. The van der Waals surface area contributed by atoms with E-state index in [1.165, 1.54) is 0 Å². The van der Waals surface area contributed by atoms with Gasteiger partial charge in [0.2, 0.25) is 0 Å². The molecule has 92 valence electrons. The fourth-order valence-electron chi connectivity index (χ4n) is 0.818. The van der Waals surface area contributed by atoms with Crippen LogP contribution in [-0.4, -0.2) is 40.1 Å². The van der Waals surface area contributed by atoms with Crippen molar-refractivity contribution in [2.75, 3.05) is 0 Å². The molecule has 0 aromatic carbocycles. The highest BCUT2D eigenvalue weighted by Gasteiger charge is 2.14. The summed E-state index contributed by atoms with van der Waals surface area (Å²) in [6, 6.07) is 0. The third-order valence-electron chi connectivity index (χ3n) is 1.51. The van der Waals surface area contributed by atoms with Crippen molar-refractivity contribution in [2.24, 2.45) is 10.4 Å². The van der Waals surface area contributed by atoms with E-state index < -0.39 is 21.5 Å². The van der Waals surface area contributed by atoms with Crippen LogP contribution in [0.2, 0.25) is 0 Å². The first kappa shape index (κ1) is 11.2. The Morgan fingerprint density at radius 1 is 0.944 bits per heavy atom. The summed E-state index contributed by atoms with van der Waals surface area (Å²) in [5.41, 5.74) is 0. The number of nitrogens with zero attached hydrogens (tertiary/aromatic N) is 10. The summed E-state index contributed by atoms with van der Waals surface area (Å²) in [6.45, 7) is 0. The van der Waals surface area contributed by atoms with Gasteiger partial charge in [-0.2, -0.15) is 0 Å². The van der Waals surface area contributed by atoms with E-state index >= 15 is 0 Å². The zero-order chi connectivity index (χ0) is 13.1. The van der Waals surface area contributed by atoms with Gasteiger partial charge in [0.1, 0.15) is 10.2 Å². The van der Waals surface area contributed by atoms with Crippen molar-refractivity contribution in [3.63, 3.8) is 0 Å². The normalized spacial score (nSPS) is 10.9. The highest BCUT2D eigenvalue weighted by Crippen LogP contribution is 2.03. The van der Waals surface area contributed by atoms with Crippen molar-refractivity contribution in [3.05, 3.63) is 32.6 Å². The third kappa shape index (κ3) is 2.26. The molecule has 0 bridgehead atoms. The second-order valence-electron chi connectivity index (χ2n) is 2.64. The van der Waals surface area contributed by atoms with Gasteiger partial charge >= 0.3 is 11.6 Å². The number of hydrogen-bond donors (Lipinski definition) is 0. The fourth-order valence-corrected chi connectivity index (χ4v) is 0.818. The molecule has 0 saturated carbocycles. The van der Waals surface area contributed by atoms with E-state index in [1.54, 1.807) is 0 Å². The first-order valence-electron chi connectivity index (χ1n) is 4.12. The molecule has 0 aliphatic carbocycles. The molecule has 2 heterocycles. The van der Waals surface area contributed by atoms with Crippen molar-refractivity contribution in [1.29, 1.82) is 0 Å². The van der Waals surface area contributed by atoms with E-state index in [-0.39, 0.29) is 0 Å². The highest BCUT2D eigenvalue weighted by molar-refractivity contribution is 5.08. The molecule has 0 saturated heterocycles. The lowest BCUT2D eigenvalue weighted by molar-refractivity contribution is -0.390. The molecule has 2 aromatic heterocycles. The first-order valence-corrected chi connectivity index (χ1v) is 4.12.